The van der Waals surface area contributed by atoms with Crippen molar-refractivity contribution < 1.29 is 9.53 Å². The molecule has 0 aromatic heterocycles. The van der Waals surface area contributed by atoms with Crippen LogP contribution in [0, 0.1) is 23.2 Å². The summed E-state index contributed by atoms with van der Waals surface area (Å²) in [5.41, 5.74) is 1.77. The molecule has 0 heterocycles. The average Bonchev–Trinajstić information content (AvgIpc) is 2.89. The standard InChI is InChI=1S/C17H28O2/c1-5-13(11-19-12(2)18)6-9-16-14-7-8-15(10-14)17(16,3)4/h6,14-16H,5,7-11H2,1-4H3. The molecule has 2 fully saturated rings. The molecule has 0 aromatic rings. The van der Waals surface area contributed by atoms with E-state index in [2.05, 4.69) is 26.8 Å². The number of carbonyl (C=O) groups is 1. The van der Waals surface area contributed by atoms with Gasteiger partial charge in [0.25, 0.3) is 0 Å². The van der Waals surface area contributed by atoms with Crippen LogP contribution in [0.4, 0.5) is 0 Å². The van der Waals surface area contributed by atoms with E-state index in [9.17, 15) is 4.79 Å². The average molecular weight is 264 g/mol. The molecule has 0 aliphatic heterocycles. The Morgan fingerprint density at radius 2 is 2.11 bits per heavy atom. The van der Waals surface area contributed by atoms with Gasteiger partial charge in [0.2, 0.25) is 0 Å². The van der Waals surface area contributed by atoms with Gasteiger partial charge in [-0.2, -0.15) is 0 Å². The normalized spacial score (nSPS) is 32.6. The lowest BCUT2D eigenvalue weighted by Gasteiger charge is -2.38. The highest BCUT2D eigenvalue weighted by atomic mass is 16.5. The quantitative estimate of drug-likeness (QED) is 0.545. The molecule has 2 heteroatoms. The van der Waals surface area contributed by atoms with E-state index < -0.39 is 0 Å². The van der Waals surface area contributed by atoms with Crippen LogP contribution in [-0.2, 0) is 9.53 Å². The highest BCUT2D eigenvalue weighted by molar-refractivity contribution is 5.66. The Labute approximate surface area is 117 Å². The van der Waals surface area contributed by atoms with Crippen LogP contribution in [0.3, 0.4) is 0 Å². The summed E-state index contributed by atoms with van der Waals surface area (Å²) in [5.74, 6) is 2.52. The molecular weight excluding hydrogens is 236 g/mol. The number of carbonyl (C=O) groups excluding carboxylic acids is 1. The molecule has 2 rings (SSSR count). The minimum atomic E-state index is -0.181. The first-order valence-corrected chi connectivity index (χ1v) is 7.76. The van der Waals surface area contributed by atoms with Crippen LogP contribution in [-0.4, -0.2) is 12.6 Å². The lowest BCUT2D eigenvalue weighted by atomic mass is 9.67. The number of ether oxygens (including phenoxy) is 1. The molecular formula is C17H28O2. The zero-order valence-corrected chi connectivity index (χ0v) is 12.9. The summed E-state index contributed by atoms with van der Waals surface area (Å²) in [5, 5.41) is 0. The molecule has 0 aromatic carbocycles. The Morgan fingerprint density at radius 1 is 1.37 bits per heavy atom. The predicted molar refractivity (Wildman–Crippen MR) is 77.7 cm³/mol. The van der Waals surface area contributed by atoms with E-state index in [1.807, 2.05) is 0 Å². The molecule has 0 amide bonds. The van der Waals surface area contributed by atoms with Crippen molar-refractivity contribution in [3.8, 4) is 0 Å². The molecule has 108 valence electrons. The van der Waals surface area contributed by atoms with Crippen molar-refractivity contribution in [2.45, 2.75) is 59.8 Å². The number of rotatable bonds is 5. The van der Waals surface area contributed by atoms with Gasteiger partial charge in [0.1, 0.15) is 6.61 Å². The lowest BCUT2D eigenvalue weighted by Crippen LogP contribution is -2.30. The van der Waals surface area contributed by atoms with Gasteiger partial charge in [-0.3, -0.25) is 4.79 Å². The number of fused-ring (bicyclic) bond motifs is 2. The fraction of sp³-hybridized carbons (Fsp3) is 0.824. The monoisotopic (exact) mass is 264 g/mol. The maximum absolute atomic E-state index is 10.9. The molecule has 0 N–H and O–H groups in total. The Balaban J connectivity index is 1.94. The van der Waals surface area contributed by atoms with Gasteiger partial charge in [0.15, 0.2) is 0 Å². The lowest BCUT2D eigenvalue weighted by molar-refractivity contribution is -0.140. The van der Waals surface area contributed by atoms with E-state index in [-0.39, 0.29) is 5.97 Å². The predicted octanol–water partition coefficient (Wildman–Crippen LogP) is 4.35. The first-order valence-electron chi connectivity index (χ1n) is 7.76. The van der Waals surface area contributed by atoms with Crippen LogP contribution < -0.4 is 0 Å². The van der Waals surface area contributed by atoms with Crippen molar-refractivity contribution in [1.29, 1.82) is 0 Å². The molecule has 19 heavy (non-hydrogen) atoms. The van der Waals surface area contributed by atoms with Crippen LogP contribution >= 0.6 is 0 Å². The molecule has 3 atom stereocenters. The molecule has 2 nitrogen and oxygen atoms in total. The van der Waals surface area contributed by atoms with Crippen molar-refractivity contribution >= 4 is 5.97 Å². The molecule has 3 unspecified atom stereocenters. The van der Waals surface area contributed by atoms with Crippen molar-refractivity contribution in [3.05, 3.63) is 11.6 Å². The molecule has 0 radical (unpaired) electrons. The maximum Gasteiger partial charge on any atom is 0.302 e. The van der Waals surface area contributed by atoms with E-state index in [1.165, 1.54) is 38.2 Å². The van der Waals surface area contributed by atoms with E-state index >= 15 is 0 Å². The second-order valence-corrected chi connectivity index (χ2v) is 6.93. The van der Waals surface area contributed by atoms with E-state index in [4.69, 9.17) is 4.74 Å². The second kappa shape index (κ2) is 5.68. The van der Waals surface area contributed by atoms with Gasteiger partial charge in [0, 0.05) is 6.92 Å². The smallest absolute Gasteiger partial charge is 0.302 e. The van der Waals surface area contributed by atoms with E-state index in [1.54, 1.807) is 0 Å². The third-order valence-electron chi connectivity index (χ3n) is 5.63. The first kappa shape index (κ1) is 14.6. The zero-order valence-electron chi connectivity index (χ0n) is 12.9. The van der Waals surface area contributed by atoms with Crippen molar-refractivity contribution in [2.75, 3.05) is 6.61 Å². The SMILES string of the molecule is CCC(=CCC1C2CCC(C2)C1(C)C)COC(C)=O. The summed E-state index contributed by atoms with van der Waals surface area (Å²) in [6, 6.07) is 0. The van der Waals surface area contributed by atoms with Gasteiger partial charge in [0.05, 0.1) is 0 Å². The summed E-state index contributed by atoms with van der Waals surface area (Å²) >= 11 is 0. The number of hydrogen-bond donors (Lipinski definition) is 0. The first-order chi connectivity index (χ1) is 8.95. The van der Waals surface area contributed by atoms with Crippen molar-refractivity contribution in [1.82, 2.24) is 0 Å². The minimum absolute atomic E-state index is 0.181. The van der Waals surface area contributed by atoms with Crippen LogP contribution in [0.15, 0.2) is 11.6 Å². The maximum atomic E-state index is 10.9. The summed E-state index contributed by atoms with van der Waals surface area (Å²) in [6.45, 7) is 9.00. The summed E-state index contributed by atoms with van der Waals surface area (Å²) < 4.78 is 5.12. The number of allylic oxidation sites excluding steroid dienone is 1. The van der Waals surface area contributed by atoms with Gasteiger partial charge in [-0.15, -0.1) is 0 Å². The largest absolute Gasteiger partial charge is 0.461 e. The summed E-state index contributed by atoms with van der Waals surface area (Å²) in [4.78, 5) is 10.9. The molecule has 2 aliphatic carbocycles. The van der Waals surface area contributed by atoms with Crippen molar-refractivity contribution in [3.63, 3.8) is 0 Å². The third kappa shape index (κ3) is 3.04. The highest BCUT2D eigenvalue weighted by Gasteiger charge is 2.51. The topological polar surface area (TPSA) is 26.3 Å². The number of hydrogen-bond acceptors (Lipinski definition) is 2. The van der Waals surface area contributed by atoms with Gasteiger partial charge in [-0.1, -0.05) is 26.8 Å². The fourth-order valence-corrected chi connectivity index (χ4v) is 4.26. The molecule has 2 bridgehead atoms. The Bertz CT molecular complexity index is 367. The summed E-state index contributed by atoms with van der Waals surface area (Å²) in [6.07, 6.45) is 8.80. The second-order valence-electron chi connectivity index (χ2n) is 6.93. The zero-order chi connectivity index (χ0) is 14.0. The van der Waals surface area contributed by atoms with Crippen LogP contribution in [0.5, 0.6) is 0 Å². The van der Waals surface area contributed by atoms with Crippen LogP contribution in [0.25, 0.3) is 0 Å². The fourth-order valence-electron chi connectivity index (χ4n) is 4.26. The Hall–Kier alpha value is -0.790. The highest BCUT2D eigenvalue weighted by Crippen LogP contribution is 2.60. The van der Waals surface area contributed by atoms with Gasteiger partial charge in [-0.25, -0.2) is 0 Å². The third-order valence-corrected chi connectivity index (χ3v) is 5.63. The molecule has 2 aliphatic rings. The van der Waals surface area contributed by atoms with Gasteiger partial charge >= 0.3 is 5.97 Å². The van der Waals surface area contributed by atoms with Gasteiger partial charge in [-0.05, 0) is 60.8 Å². The molecule has 0 saturated heterocycles. The molecule has 0 spiro atoms. The Kier molecular flexibility index (Phi) is 4.37. The molecule has 2 saturated carbocycles. The Morgan fingerprint density at radius 3 is 2.63 bits per heavy atom. The van der Waals surface area contributed by atoms with E-state index in [0.717, 1.165) is 24.2 Å². The van der Waals surface area contributed by atoms with E-state index in [0.29, 0.717) is 12.0 Å². The minimum Gasteiger partial charge on any atom is -0.461 e. The summed E-state index contributed by atoms with van der Waals surface area (Å²) in [7, 11) is 0. The van der Waals surface area contributed by atoms with Crippen molar-refractivity contribution in [2.24, 2.45) is 23.2 Å². The van der Waals surface area contributed by atoms with Crippen LogP contribution in [0.2, 0.25) is 0 Å². The number of esters is 1. The van der Waals surface area contributed by atoms with Gasteiger partial charge < -0.3 is 4.74 Å². The van der Waals surface area contributed by atoms with Crippen LogP contribution in [0.1, 0.15) is 59.8 Å².